The highest BCUT2D eigenvalue weighted by Crippen LogP contribution is 1.93. The molecule has 0 saturated heterocycles. The molecule has 0 rings (SSSR count). The van der Waals surface area contributed by atoms with E-state index in [9.17, 15) is 9.59 Å². The van der Waals surface area contributed by atoms with Gasteiger partial charge < -0.3 is 0 Å². The number of nitrogens with zero attached hydrogens (tertiary/aromatic N) is 1. The van der Waals surface area contributed by atoms with Crippen LogP contribution in [0.25, 0.3) is 0 Å². The van der Waals surface area contributed by atoms with Gasteiger partial charge in [-0.05, 0) is 6.42 Å². The number of ketones is 1. The van der Waals surface area contributed by atoms with E-state index >= 15 is 0 Å². The van der Waals surface area contributed by atoms with E-state index in [1.165, 1.54) is 6.08 Å². The molecule has 0 aromatic carbocycles. The van der Waals surface area contributed by atoms with Crippen LogP contribution < -0.4 is 0 Å². The van der Waals surface area contributed by atoms with Crippen LogP contribution >= 0.6 is 0 Å². The van der Waals surface area contributed by atoms with Crippen LogP contribution in [0.3, 0.4) is 0 Å². The Morgan fingerprint density at radius 3 is 2.80 bits per heavy atom. The molecule has 0 spiro atoms. The molecule has 0 saturated carbocycles. The molecule has 0 radical (unpaired) electrons. The molecule has 3 nitrogen and oxygen atoms in total. The summed E-state index contributed by atoms with van der Waals surface area (Å²) in [5.74, 6) is 0.223. The van der Waals surface area contributed by atoms with Crippen molar-refractivity contribution in [3.63, 3.8) is 0 Å². The Morgan fingerprint density at radius 2 is 2.30 bits per heavy atom. The molecule has 0 aromatic heterocycles. The van der Waals surface area contributed by atoms with E-state index in [4.69, 9.17) is 0 Å². The Kier molecular flexibility index (Phi) is 5.59. The Labute approximate surface area is 60.1 Å². The van der Waals surface area contributed by atoms with Gasteiger partial charge in [0.25, 0.3) is 0 Å². The Balaban J connectivity index is 3.19. The van der Waals surface area contributed by atoms with Gasteiger partial charge in [0.2, 0.25) is 6.08 Å². The maximum absolute atomic E-state index is 10.6. The van der Waals surface area contributed by atoms with Gasteiger partial charge in [-0.25, -0.2) is 9.79 Å². The lowest BCUT2D eigenvalue weighted by atomic mass is 10.2. The molecule has 0 N–H and O–H groups in total. The zero-order chi connectivity index (χ0) is 7.82. The maximum Gasteiger partial charge on any atom is 0.234 e. The lowest BCUT2D eigenvalue weighted by Crippen LogP contribution is -1.95. The van der Waals surface area contributed by atoms with Crippen LogP contribution in [0.15, 0.2) is 4.99 Å². The molecule has 0 fully saturated rings. The van der Waals surface area contributed by atoms with Gasteiger partial charge in [0, 0.05) is 12.8 Å². The summed E-state index contributed by atoms with van der Waals surface area (Å²) < 4.78 is 0. The Morgan fingerprint density at radius 1 is 1.60 bits per heavy atom. The molecule has 10 heavy (non-hydrogen) atoms. The van der Waals surface area contributed by atoms with E-state index in [1.807, 2.05) is 6.92 Å². The van der Waals surface area contributed by atoms with E-state index in [1.54, 1.807) is 0 Å². The minimum atomic E-state index is 0.223. The normalized spacial score (nSPS) is 8.50. The smallest absolute Gasteiger partial charge is 0.234 e. The fourth-order valence-electron chi connectivity index (χ4n) is 0.578. The summed E-state index contributed by atoms with van der Waals surface area (Å²) in [6, 6.07) is 0. The molecule has 0 aliphatic heterocycles. The fraction of sp³-hybridized carbons (Fsp3) is 0.714. The molecule has 0 amide bonds. The molecule has 0 aromatic rings. The van der Waals surface area contributed by atoms with Crippen LogP contribution in [0.2, 0.25) is 0 Å². The minimum Gasteiger partial charge on any atom is -0.300 e. The van der Waals surface area contributed by atoms with Crippen LogP contribution in [-0.4, -0.2) is 18.4 Å². The van der Waals surface area contributed by atoms with Gasteiger partial charge >= 0.3 is 0 Å². The van der Waals surface area contributed by atoms with E-state index in [0.717, 1.165) is 0 Å². The predicted molar refractivity (Wildman–Crippen MR) is 37.5 cm³/mol. The monoisotopic (exact) mass is 141 g/mol. The molecule has 0 aliphatic rings. The van der Waals surface area contributed by atoms with Gasteiger partial charge in [0.1, 0.15) is 5.78 Å². The second-order valence-electron chi connectivity index (χ2n) is 1.97. The standard InChI is InChI=1S/C7H11NO2/c1-2-7(10)4-3-5-8-6-9/h2-5H2,1H3. The summed E-state index contributed by atoms with van der Waals surface area (Å²) in [5, 5.41) is 0. The van der Waals surface area contributed by atoms with Crippen LogP contribution in [0, 0.1) is 0 Å². The predicted octanol–water partition coefficient (Wildman–Crippen LogP) is 1.08. The average Bonchev–Trinajstić information content (AvgIpc) is 1.98. The van der Waals surface area contributed by atoms with E-state index in [0.29, 0.717) is 25.8 Å². The molecule has 0 heterocycles. The highest BCUT2D eigenvalue weighted by molar-refractivity contribution is 5.77. The second-order valence-corrected chi connectivity index (χ2v) is 1.97. The molecule has 0 bridgehead atoms. The molecule has 3 heteroatoms. The van der Waals surface area contributed by atoms with Gasteiger partial charge in [-0.3, -0.25) is 4.79 Å². The maximum atomic E-state index is 10.6. The number of aliphatic imine (C=N–C) groups is 1. The third kappa shape index (κ3) is 5.19. The quantitative estimate of drug-likeness (QED) is 0.327. The summed E-state index contributed by atoms with van der Waals surface area (Å²) >= 11 is 0. The fourth-order valence-corrected chi connectivity index (χ4v) is 0.578. The van der Waals surface area contributed by atoms with Crippen molar-refractivity contribution in [3.05, 3.63) is 0 Å². The van der Waals surface area contributed by atoms with Gasteiger partial charge in [0.05, 0.1) is 6.54 Å². The van der Waals surface area contributed by atoms with Crippen molar-refractivity contribution >= 4 is 11.9 Å². The van der Waals surface area contributed by atoms with Crippen molar-refractivity contribution in [2.45, 2.75) is 26.2 Å². The van der Waals surface area contributed by atoms with Crippen LogP contribution in [0.1, 0.15) is 26.2 Å². The minimum absolute atomic E-state index is 0.223. The van der Waals surface area contributed by atoms with Gasteiger partial charge in [-0.15, -0.1) is 0 Å². The number of isocyanates is 1. The highest BCUT2D eigenvalue weighted by atomic mass is 16.1. The summed E-state index contributed by atoms with van der Waals surface area (Å²) in [7, 11) is 0. The average molecular weight is 141 g/mol. The zero-order valence-corrected chi connectivity index (χ0v) is 6.09. The molecule has 56 valence electrons. The van der Waals surface area contributed by atoms with E-state index in [-0.39, 0.29) is 5.78 Å². The van der Waals surface area contributed by atoms with Crippen LogP contribution in [-0.2, 0) is 9.59 Å². The second kappa shape index (κ2) is 6.17. The topological polar surface area (TPSA) is 46.5 Å². The third-order valence-corrected chi connectivity index (χ3v) is 1.18. The number of carbonyl (C=O) groups is 1. The van der Waals surface area contributed by atoms with Crippen molar-refractivity contribution in [1.29, 1.82) is 0 Å². The first-order chi connectivity index (χ1) is 4.81. The summed E-state index contributed by atoms with van der Waals surface area (Å²) in [6.07, 6.45) is 3.20. The molecular weight excluding hydrogens is 130 g/mol. The van der Waals surface area contributed by atoms with Gasteiger partial charge in [0.15, 0.2) is 0 Å². The molecular formula is C7H11NO2. The first-order valence-electron chi connectivity index (χ1n) is 3.36. The SMILES string of the molecule is CCC(=O)CCCN=C=O. The summed E-state index contributed by atoms with van der Waals surface area (Å²) in [4.78, 5) is 23.5. The van der Waals surface area contributed by atoms with Gasteiger partial charge in [-0.2, -0.15) is 0 Å². The van der Waals surface area contributed by atoms with Crippen molar-refractivity contribution in [3.8, 4) is 0 Å². The number of rotatable bonds is 5. The van der Waals surface area contributed by atoms with Crippen LogP contribution in [0.4, 0.5) is 0 Å². The Hall–Kier alpha value is -0.950. The summed E-state index contributed by atoms with van der Waals surface area (Å²) in [5.41, 5.74) is 0. The first kappa shape index (κ1) is 9.05. The first-order valence-corrected chi connectivity index (χ1v) is 3.36. The number of carbonyl (C=O) groups excluding carboxylic acids is 2. The Bertz CT molecular complexity index is 148. The van der Waals surface area contributed by atoms with Crippen molar-refractivity contribution in [2.75, 3.05) is 6.54 Å². The van der Waals surface area contributed by atoms with E-state index < -0.39 is 0 Å². The van der Waals surface area contributed by atoms with E-state index in [2.05, 4.69) is 4.99 Å². The lowest BCUT2D eigenvalue weighted by molar-refractivity contribution is -0.118. The number of Topliss-reactive ketones (excluding diaryl/α,β-unsaturated/α-hetero) is 1. The van der Waals surface area contributed by atoms with Crippen molar-refractivity contribution in [1.82, 2.24) is 0 Å². The molecule has 0 aliphatic carbocycles. The largest absolute Gasteiger partial charge is 0.300 e. The third-order valence-electron chi connectivity index (χ3n) is 1.18. The molecule has 0 atom stereocenters. The van der Waals surface area contributed by atoms with Crippen molar-refractivity contribution in [2.24, 2.45) is 4.99 Å². The zero-order valence-electron chi connectivity index (χ0n) is 6.09. The number of hydrogen-bond acceptors (Lipinski definition) is 3. The summed E-state index contributed by atoms with van der Waals surface area (Å²) in [6.45, 7) is 2.25. The molecule has 0 unspecified atom stereocenters. The van der Waals surface area contributed by atoms with Crippen molar-refractivity contribution < 1.29 is 9.59 Å². The highest BCUT2D eigenvalue weighted by Gasteiger charge is 1.95. The number of hydrogen-bond donors (Lipinski definition) is 0. The van der Waals surface area contributed by atoms with Crippen LogP contribution in [0.5, 0.6) is 0 Å². The van der Waals surface area contributed by atoms with Gasteiger partial charge in [-0.1, -0.05) is 6.92 Å². The lowest BCUT2D eigenvalue weighted by Gasteiger charge is -1.91.